The molecule has 0 radical (unpaired) electrons. The number of nitrogens with zero attached hydrogens (tertiary/aromatic N) is 1. The van der Waals surface area contributed by atoms with E-state index in [0.29, 0.717) is 12.8 Å². The minimum atomic E-state index is -3.60. The molecule has 2 fully saturated rings. The zero-order valence-electron chi connectivity index (χ0n) is 10.4. The fourth-order valence-electron chi connectivity index (χ4n) is 2.73. The molecule has 1 heterocycles. The van der Waals surface area contributed by atoms with Gasteiger partial charge in [-0.25, -0.2) is 12.7 Å². The van der Waals surface area contributed by atoms with Crippen molar-refractivity contribution in [3.05, 3.63) is 0 Å². The Labute approximate surface area is 106 Å². The van der Waals surface area contributed by atoms with Crippen LogP contribution in [-0.4, -0.2) is 41.0 Å². The molecule has 1 aliphatic heterocycles. The van der Waals surface area contributed by atoms with Crippen LogP contribution in [0.5, 0.6) is 0 Å². The molecule has 102 valence electrons. The molecule has 1 amide bonds. The summed E-state index contributed by atoms with van der Waals surface area (Å²) < 4.78 is 23.3. The van der Waals surface area contributed by atoms with Crippen molar-refractivity contribution < 1.29 is 23.1 Å². The number of carbonyl (C=O) groups is 2. The highest BCUT2D eigenvalue weighted by molar-refractivity contribution is 7.94. The molecule has 2 rings (SSSR count). The smallest absolute Gasteiger partial charge is 0.306 e. The summed E-state index contributed by atoms with van der Waals surface area (Å²) in [6.07, 6.45) is 2.00. The van der Waals surface area contributed by atoms with Crippen LogP contribution in [-0.2, 0) is 19.6 Å². The number of rotatable bonds is 3. The maximum atomic E-state index is 11.9. The molecule has 2 atom stereocenters. The van der Waals surface area contributed by atoms with Crippen molar-refractivity contribution in [1.82, 2.24) is 4.31 Å². The van der Waals surface area contributed by atoms with Crippen LogP contribution in [0.1, 0.15) is 33.1 Å². The Morgan fingerprint density at radius 2 is 2.06 bits per heavy atom. The topological polar surface area (TPSA) is 91.8 Å². The molecule has 7 heteroatoms. The first-order valence-corrected chi connectivity index (χ1v) is 7.43. The lowest BCUT2D eigenvalue weighted by Gasteiger charge is -2.44. The van der Waals surface area contributed by atoms with E-state index < -0.39 is 32.6 Å². The van der Waals surface area contributed by atoms with Crippen LogP contribution in [0.2, 0.25) is 0 Å². The van der Waals surface area contributed by atoms with Gasteiger partial charge in [-0.1, -0.05) is 6.42 Å². The van der Waals surface area contributed by atoms with E-state index in [2.05, 4.69) is 0 Å². The number of carbonyl (C=O) groups excluding carboxylic acids is 1. The lowest BCUT2D eigenvalue weighted by Crippen LogP contribution is -2.68. The van der Waals surface area contributed by atoms with E-state index in [1.165, 1.54) is 13.8 Å². The Balaban J connectivity index is 2.13. The van der Waals surface area contributed by atoms with Crippen LogP contribution in [0.25, 0.3) is 0 Å². The van der Waals surface area contributed by atoms with Crippen LogP contribution in [0.3, 0.4) is 0 Å². The van der Waals surface area contributed by atoms with Gasteiger partial charge in [-0.05, 0) is 32.6 Å². The van der Waals surface area contributed by atoms with Gasteiger partial charge in [0.05, 0.1) is 5.92 Å². The molecule has 0 aromatic carbocycles. The summed E-state index contributed by atoms with van der Waals surface area (Å²) in [4.78, 5) is 22.8. The normalized spacial score (nSPS) is 33.2. The Bertz CT molecular complexity index is 496. The number of carboxylic acids is 1. The number of hydrogen-bond acceptors (Lipinski definition) is 4. The molecule has 0 spiro atoms. The summed E-state index contributed by atoms with van der Waals surface area (Å²) in [6, 6.07) is 0. The van der Waals surface area contributed by atoms with Crippen molar-refractivity contribution in [1.29, 1.82) is 0 Å². The van der Waals surface area contributed by atoms with Crippen molar-refractivity contribution in [2.75, 3.05) is 6.54 Å². The zero-order valence-corrected chi connectivity index (χ0v) is 11.2. The second-order valence-corrected chi connectivity index (χ2v) is 7.90. The number of hydrogen-bond donors (Lipinski definition) is 1. The quantitative estimate of drug-likeness (QED) is 0.806. The van der Waals surface area contributed by atoms with E-state index >= 15 is 0 Å². The fourth-order valence-corrected chi connectivity index (χ4v) is 4.31. The summed E-state index contributed by atoms with van der Waals surface area (Å²) in [5, 5.41) is 9.03. The third kappa shape index (κ3) is 1.64. The van der Waals surface area contributed by atoms with Crippen molar-refractivity contribution in [2.24, 2.45) is 11.8 Å². The predicted molar refractivity (Wildman–Crippen MR) is 63.2 cm³/mol. The van der Waals surface area contributed by atoms with Gasteiger partial charge >= 0.3 is 5.97 Å². The number of aliphatic carboxylic acids is 1. The van der Waals surface area contributed by atoms with Crippen molar-refractivity contribution in [2.45, 2.75) is 37.9 Å². The molecule has 18 heavy (non-hydrogen) atoms. The number of amides is 1. The van der Waals surface area contributed by atoms with Gasteiger partial charge in [-0.15, -0.1) is 0 Å². The Kier molecular flexibility index (Phi) is 2.92. The van der Waals surface area contributed by atoms with Gasteiger partial charge in [0.2, 0.25) is 0 Å². The number of carboxylic acid groups (broad SMARTS) is 1. The highest BCUT2D eigenvalue weighted by Crippen LogP contribution is 2.39. The molecule has 0 bridgehead atoms. The van der Waals surface area contributed by atoms with Crippen molar-refractivity contribution >= 4 is 21.9 Å². The van der Waals surface area contributed by atoms with Gasteiger partial charge in [0.1, 0.15) is 0 Å². The summed E-state index contributed by atoms with van der Waals surface area (Å²) >= 11 is 0. The largest absolute Gasteiger partial charge is 0.481 e. The van der Waals surface area contributed by atoms with E-state index in [-0.39, 0.29) is 12.5 Å². The third-order valence-corrected chi connectivity index (χ3v) is 6.41. The summed E-state index contributed by atoms with van der Waals surface area (Å²) in [5.74, 6) is -2.12. The summed E-state index contributed by atoms with van der Waals surface area (Å²) in [5.41, 5.74) is 0. The van der Waals surface area contributed by atoms with Crippen LogP contribution >= 0.6 is 0 Å². The third-order valence-electron chi connectivity index (χ3n) is 4.05. The SMILES string of the molecule is CC1(C)C(=O)N(CC2CCCC2C(=O)O)S1(=O)=O. The van der Waals surface area contributed by atoms with Crippen LogP contribution < -0.4 is 0 Å². The van der Waals surface area contributed by atoms with E-state index in [1.54, 1.807) is 0 Å². The average Bonchev–Trinajstić information content (AvgIpc) is 2.72. The lowest BCUT2D eigenvalue weighted by atomic mass is 9.96. The molecule has 2 unspecified atom stereocenters. The molecular formula is C11H17NO5S. The zero-order chi connectivity index (χ0) is 13.7. The molecule has 6 nitrogen and oxygen atoms in total. The summed E-state index contributed by atoms with van der Waals surface area (Å²) in [6.45, 7) is 2.77. The van der Waals surface area contributed by atoms with Gasteiger partial charge < -0.3 is 5.11 Å². The van der Waals surface area contributed by atoms with Crippen LogP contribution in [0.4, 0.5) is 0 Å². The molecule has 1 saturated heterocycles. The second-order valence-electron chi connectivity index (χ2n) is 5.49. The Morgan fingerprint density at radius 3 is 2.56 bits per heavy atom. The fraction of sp³-hybridized carbons (Fsp3) is 0.818. The van der Waals surface area contributed by atoms with Gasteiger partial charge in [0.15, 0.2) is 4.75 Å². The van der Waals surface area contributed by atoms with Crippen molar-refractivity contribution in [3.63, 3.8) is 0 Å². The van der Waals surface area contributed by atoms with Crippen molar-refractivity contribution in [3.8, 4) is 0 Å². The van der Waals surface area contributed by atoms with Gasteiger partial charge in [-0.3, -0.25) is 9.59 Å². The Morgan fingerprint density at radius 1 is 1.44 bits per heavy atom. The molecule has 1 aliphatic carbocycles. The van der Waals surface area contributed by atoms with E-state index in [4.69, 9.17) is 5.11 Å². The molecule has 0 aromatic heterocycles. The minimum Gasteiger partial charge on any atom is -0.481 e. The molecule has 2 aliphatic rings. The van der Waals surface area contributed by atoms with E-state index in [0.717, 1.165) is 10.7 Å². The van der Waals surface area contributed by atoms with Crippen LogP contribution in [0, 0.1) is 11.8 Å². The maximum Gasteiger partial charge on any atom is 0.306 e. The predicted octanol–water partition coefficient (Wildman–Crippen LogP) is 0.438. The first kappa shape index (κ1) is 13.3. The van der Waals surface area contributed by atoms with Gasteiger partial charge in [-0.2, -0.15) is 0 Å². The Hall–Kier alpha value is -1.11. The monoisotopic (exact) mass is 275 g/mol. The van der Waals surface area contributed by atoms with Gasteiger partial charge in [0.25, 0.3) is 15.9 Å². The molecular weight excluding hydrogens is 258 g/mol. The second kappa shape index (κ2) is 3.94. The molecule has 0 aromatic rings. The maximum absolute atomic E-state index is 11.9. The highest BCUT2D eigenvalue weighted by Gasteiger charge is 2.60. The molecule has 1 saturated carbocycles. The summed E-state index contributed by atoms with van der Waals surface area (Å²) in [7, 11) is -3.60. The standard InChI is InChI=1S/C11H17NO5S/c1-11(2)10(15)12(18(11,16)17)6-7-4-3-5-8(7)9(13)14/h7-8H,3-6H2,1-2H3,(H,13,14). The first-order chi connectivity index (χ1) is 8.19. The van der Waals surface area contributed by atoms with E-state index in [9.17, 15) is 18.0 Å². The number of sulfonamides is 1. The van der Waals surface area contributed by atoms with Crippen LogP contribution in [0.15, 0.2) is 0 Å². The lowest BCUT2D eigenvalue weighted by molar-refractivity contribution is -0.144. The van der Waals surface area contributed by atoms with E-state index in [1.807, 2.05) is 0 Å². The first-order valence-electron chi connectivity index (χ1n) is 5.99. The van der Waals surface area contributed by atoms with Gasteiger partial charge in [0, 0.05) is 6.54 Å². The average molecular weight is 275 g/mol. The highest BCUT2D eigenvalue weighted by atomic mass is 32.2. The molecule has 1 N–H and O–H groups in total. The minimum absolute atomic E-state index is 0.0154.